The monoisotopic (exact) mass is 360 g/mol. The van der Waals surface area contributed by atoms with E-state index in [4.69, 9.17) is 13.3 Å². The first-order valence-electron chi connectivity index (χ1n) is 9.67. The van der Waals surface area contributed by atoms with E-state index >= 15 is 0 Å². The lowest BCUT2D eigenvalue weighted by Gasteiger charge is -2.34. The highest BCUT2D eigenvalue weighted by Gasteiger charge is 2.46. The first-order valence-corrected chi connectivity index (χ1v) is 14.1. The molecule has 3 nitrogen and oxygen atoms in total. The zero-order valence-corrected chi connectivity index (χ0v) is 18.7. The lowest BCUT2D eigenvalue weighted by atomic mass is 10.2. The molecule has 0 aliphatic heterocycles. The quantitative estimate of drug-likeness (QED) is 0.370. The zero-order chi connectivity index (χ0) is 17.8. The Labute approximate surface area is 147 Å². The standard InChI is InChI=1S/C18H40O3Si2/c1-8-15-16-18(17-22(12-5,13-6)14-7)23(19-9-2,20-10-3)21-11-4/h17H,8-16H2,1-7H3/b18-17+. The molecule has 0 fully saturated rings. The minimum absolute atomic E-state index is 0.647. The van der Waals surface area contributed by atoms with E-state index in [1.54, 1.807) is 0 Å². The van der Waals surface area contributed by atoms with Crippen molar-refractivity contribution < 1.29 is 13.3 Å². The van der Waals surface area contributed by atoms with Crippen LogP contribution in [0.15, 0.2) is 10.9 Å². The summed E-state index contributed by atoms with van der Waals surface area (Å²) in [5.41, 5.74) is 2.61. The van der Waals surface area contributed by atoms with Crippen molar-refractivity contribution in [2.75, 3.05) is 19.8 Å². The lowest BCUT2D eigenvalue weighted by Crippen LogP contribution is -2.49. The van der Waals surface area contributed by atoms with Gasteiger partial charge >= 0.3 is 8.80 Å². The van der Waals surface area contributed by atoms with Crippen LogP contribution in [0.4, 0.5) is 0 Å². The van der Waals surface area contributed by atoms with E-state index in [-0.39, 0.29) is 0 Å². The highest BCUT2D eigenvalue weighted by atomic mass is 28.4. The Morgan fingerprint density at radius 1 is 0.739 bits per heavy atom. The molecule has 0 rings (SSSR count). The van der Waals surface area contributed by atoms with Crippen LogP contribution in [0.25, 0.3) is 0 Å². The molecule has 0 aromatic carbocycles. The van der Waals surface area contributed by atoms with Gasteiger partial charge in [0.15, 0.2) is 0 Å². The van der Waals surface area contributed by atoms with Gasteiger partial charge in [-0.05, 0) is 38.8 Å². The van der Waals surface area contributed by atoms with Gasteiger partial charge in [0.25, 0.3) is 0 Å². The number of hydrogen-bond acceptors (Lipinski definition) is 3. The predicted molar refractivity (Wildman–Crippen MR) is 105 cm³/mol. The maximum absolute atomic E-state index is 6.20. The molecule has 0 radical (unpaired) electrons. The minimum Gasteiger partial charge on any atom is -0.371 e. The van der Waals surface area contributed by atoms with Crippen LogP contribution in [0.3, 0.4) is 0 Å². The van der Waals surface area contributed by atoms with Crippen molar-refractivity contribution in [3.8, 4) is 0 Å². The largest absolute Gasteiger partial charge is 0.532 e. The topological polar surface area (TPSA) is 27.7 Å². The summed E-state index contributed by atoms with van der Waals surface area (Å²) in [6.07, 6.45) is 3.41. The smallest absolute Gasteiger partial charge is 0.371 e. The molecule has 0 aliphatic rings. The summed E-state index contributed by atoms with van der Waals surface area (Å²) in [4.78, 5) is 0. The van der Waals surface area contributed by atoms with E-state index in [9.17, 15) is 0 Å². The molecule has 0 atom stereocenters. The summed E-state index contributed by atoms with van der Waals surface area (Å²) in [5.74, 6) is 0. The van der Waals surface area contributed by atoms with Crippen molar-refractivity contribution in [2.24, 2.45) is 0 Å². The molecule has 0 saturated heterocycles. The average molecular weight is 361 g/mol. The highest BCUT2D eigenvalue weighted by Crippen LogP contribution is 2.31. The summed E-state index contributed by atoms with van der Waals surface area (Å²) in [5, 5.41) is 1.36. The fraction of sp³-hybridized carbons (Fsp3) is 0.889. The van der Waals surface area contributed by atoms with Crippen LogP contribution >= 0.6 is 0 Å². The van der Waals surface area contributed by atoms with Gasteiger partial charge in [-0.25, -0.2) is 0 Å². The Hall–Kier alpha value is 0.0538. The van der Waals surface area contributed by atoms with Crippen LogP contribution in [-0.2, 0) is 13.3 Å². The van der Waals surface area contributed by atoms with Crippen molar-refractivity contribution >= 4 is 16.9 Å². The molecule has 138 valence electrons. The predicted octanol–water partition coefficient (Wildman–Crippen LogP) is 5.74. The Balaban J connectivity index is 5.92. The van der Waals surface area contributed by atoms with Gasteiger partial charge in [-0.3, -0.25) is 0 Å². The first-order chi connectivity index (χ1) is 11.0. The second-order valence-electron chi connectivity index (χ2n) is 6.05. The van der Waals surface area contributed by atoms with E-state index < -0.39 is 16.9 Å². The summed E-state index contributed by atoms with van der Waals surface area (Å²) in [6.45, 7) is 17.4. The maximum Gasteiger partial charge on any atom is 0.532 e. The molecule has 0 aliphatic carbocycles. The van der Waals surface area contributed by atoms with E-state index in [1.165, 1.54) is 36.2 Å². The van der Waals surface area contributed by atoms with Gasteiger partial charge in [-0.1, -0.05) is 57.9 Å². The van der Waals surface area contributed by atoms with E-state index in [0.717, 1.165) is 6.42 Å². The van der Waals surface area contributed by atoms with Gasteiger partial charge in [0.2, 0.25) is 0 Å². The van der Waals surface area contributed by atoms with Gasteiger partial charge < -0.3 is 13.3 Å². The molecule has 0 bridgehead atoms. The van der Waals surface area contributed by atoms with Crippen molar-refractivity contribution in [1.29, 1.82) is 0 Å². The number of allylic oxidation sites excluding steroid dienone is 1. The third-order valence-corrected chi connectivity index (χ3v) is 13.5. The third-order valence-electron chi connectivity index (χ3n) is 4.79. The molecule has 0 amide bonds. The molecule has 0 heterocycles. The number of unbranched alkanes of at least 4 members (excludes halogenated alkanes) is 1. The molecule has 0 spiro atoms. The summed E-state index contributed by atoms with van der Waals surface area (Å²) < 4.78 is 18.6. The third kappa shape index (κ3) is 6.82. The Kier molecular flexibility index (Phi) is 12.5. The van der Waals surface area contributed by atoms with Gasteiger partial charge in [0.1, 0.15) is 0 Å². The van der Waals surface area contributed by atoms with Gasteiger partial charge in [0.05, 0.1) is 8.07 Å². The molecule has 0 N–H and O–H groups in total. The highest BCUT2D eigenvalue weighted by molar-refractivity contribution is 6.86. The van der Waals surface area contributed by atoms with Gasteiger partial charge in [-0.2, -0.15) is 0 Å². The normalized spacial score (nSPS) is 13.6. The van der Waals surface area contributed by atoms with Crippen LogP contribution in [0, 0.1) is 0 Å². The fourth-order valence-corrected chi connectivity index (χ4v) is 10.1. The van der Waals surface area contributed by atoms with Crippen LogP contribution < -0.4 is 0 Å². The van der Waals surface area contributed by atoms with Crippen molar-refractivity contribution in [1.82, 2.24) is 0 Å². The van der Waals surface area contributed by atoms with E-state index in [0.29, 0.717) is 19.8 Å². The zero-order valence-electron chi connectivity index (χ0n) is 16.7. The summed E-state index contributed by atoms with van der Waals surface area (Å²) in [6, 6.07) is 3.85. The number of hydrogen-bond donors (Lipinski definition) is 0. The minimum atomic E-state index is -2.72. The van der Waals surface area contributed by atoms with Crippen LogP contribution in [0.5, 0.6) is 0 Å². The maximum atomic E-state index is 6.20. The Morgan fingerprint density at radius 3 is 1.48 bits per heavy atom. The molecule has 0 aromatic heterocycles. The van der Waals surface area contributed by atoms with Crippen LogP contribution in [0.1, 0.15) is 67.7 Å². The molecule has 0 saturated carbocycles. The van der Waals surface area contributed by atoms with E-state index in [1.807, 2.05) is 20.8 Å². The van der Waals surface area contributed by atoms with Crippen LogP contribution in [-0.4, -0.2) is 36.7 Å². The SMILES string of the molecule is CCCC/C(=C\[Si](CC)(CC)CC)[Si](OCC)(OCC)OCC. The number of rotatable bonds is 14. The summed E-state index contributed by atoms with van der Waals surface area (Å²) in [7, 11) is -4.12. The summed E-state index contributed by atoms with van der Waals surface area (Å²) >= 11 is 0. The second kappa shape index (κ2) is 12.4. The van der Waals surface area contributed by atoms with Crippen molar-refractivity contribution in [3.05, 3.63) is 10.9 Å². The first kappa shape index (κ1) is 23.1. The molecular weight excluding hydrogens is 320 g/mol. The average Bonchev–Trinajstić information content (AvgIpc) is 2.56. The van der Waals surface area contributed by atoms with Gasteiger partial charge in [0, 0.05) is 19.8 Å². The fourth-order valence-electron chi connectivity index (χ4n) is 3.08. The molecule has 5 heteroatoms. The molecular formula is C18H40O3Si2. The van der Waals surface area contributed by atoms with Gasteiger partial charge in [-0.15, -0.1) is 0 Å². The second-order valence-corrected chi connectivity index (χ2v) is 13.8. The van der Waals surface area contributed by atoms with Crippen molar-refractivity contribution in [3.63, 3.8) is 0 Å². The Morgan fingerprint density at radius 2 is 1.17 bits per heavy atom. The molecule has 0 unspecified atom stereocenters. The van der Waals surface area contributed by atoms with Crippen LogP contribution in [0.2, 0.25) is 18.1 Å². The molecule has 23 heavy (non-hydrogen) atoms. The molecule has 0 aromatic rings. The van der Waals surface area contributed by atoms with E-state index in [2.05, 4.69) is 33.4 Å². The Bertz CT molecular complexity index is 303. The van der Waals surface area contributed by atoms with Crippen molar-refractivity contribution in [2.45, 2.75) is 85.9 Å². The lowest BCUT2D eigenvalue weighted by molar-refractivity contribution is 0.0797.